The first kappa shape index (κ1) is 37.0. The van der Waals surface area contributed by atoms with Crippen molar-refractivity contribution in [1.29, 1.82) is 0 Å². The van der Waals surface area contributed by atoms with Gasteiger partial charge in [-0.2, -0.15) is 0 Å². The maximum absolute atomic E-state index is 2.49. The van der Waals surface area contributed by atoms with Gasteiger partial charge in [-0.3, -0.25) is 0 Å². The summed E-state index contributed by atoms with van der Waals surface area (Å²) in [5.74, 6) is 0. The molecule has 5 aromatic carbocycles. The van der Waals surface area contributed by atoms with Crippen LogP contribution in [0.4, 0.5) is 0 Å². The zero-order valence-corrected chi connectivity index (χ0v) is 34.0. The van der Waals surface area contributed by atoms with E-state index in [0.29, 0.717) is 0 Å². The number of fused-ring (bicyclic) bond motifs is 1. The molecule has 2 heteroatoms. The zero-order chi connectivity index (χ0) is 38.4. The van der Waals surface area contributed by atoms with Crippen LogP contribution in [0.5, 0.6) is 0 Å². The summed E-state index contributed by atoms with van der Waals surface area (Å²) in [6.07, 6.45) is 6.51. The lowest BCUT2D eigenvalue weighted by molar-refractivity contribution is -1.29. The Morgan fingerprint density at radius 3 is 1.65 bits per heavy atom. The lowest BCUT2D eigenvalue weighted by atomic mass is 9.84. The summed E-state index contributed by atoms with van der Waals surface area (Å²) in [4.78, 5) is 0. The average molecular weight is 709 g/mol. The second kappa shape index (κ2) is 14.5. The maximum Gasteiger partial charge on any atom is 0.284 e. The predicted octanol–water partition coefficient (Wildman–Crippen LogP) is 12.7. The van der Waals surface area contributed by atoms with E-state index in [1.54, 1.807) is 0 Å². The molecule has 0 saturated carbocycles. The normalized spacial score (nSPS) is 12.0. The van der Waals surface area contributed by atoms with Crippen molar-refractivity contribution >= 4 is 10.8 Å². The van der Waals surface area contributed by atoms with E-state index in [2.05, 4.69) is 212 Å². The molecule has 0 aliphatic carbocycles. The molecular weight excluding hydrogens is 653 g/mol. The Morgan fingerprint density at radius 1 is 0.463 bits per heavy atom. The van der Waals surface area contributed by atoms with Crippen molar-refractivity contribution < 1.29 is 9.35 Å². The van der Waals surface area contributed by atoms with Crippen LogP contribution >= 0.6 is 0 Å². The first-order chi connectivity index (χ1) is 25.8. The summed E-state index contributed by atoms with van der Waals surface area (Å²) in [6, 6.07) is 45.5. The van der Waals surface area contributed by atoms with Gasteiger partial charge in [0.2, 0.25) is 12.4 Å². The highest BCUT2D eigenvalue weighted by atomic mass is 15.4. The Morgan fingerprint density at radius 2 is 1.06 bits per heavy atom. The van der Waals surface area contributed by atoms with Gasteiger partial charge in [-0.1, -0.05) is 140 Å². The van der Waals surface area contributed by atoms with Gasteiger partial charge in [0.1, 0.15) is 0 Å². The minimum absolute atomic E-state index is 0.0132. The monoisotopic (exact) mass is 708 g/mol. The van der Waals surface area contributed by atoms with Crippen LogP contribution in [0.1, 0.15) is 88.8 Å². The molecule has 0 atom stereocenters. The Bertz CT molecular complexity index is 2490. The molecule has 0 spiro atoms. The fourth-order valence-electron chi connectivity index (χ4n) is 7.96. The molecule has 7 rings (SSSR count). The van der Waals surface area contributed by atoms with Crippen LogP contribution in [0, 0.1) is 13.8 Å². The quantitative estimate of drug-likeness (QED) is 0.146. The number of aryl methyl sites for hydroxylation is 4. The lowest BCUT2D eigenvalue weighted by Crippen LogP contribution is -2.68. The van der Waals surface area contributed by atoms with E-state index in [-0.39, 0.29) is 10.8 Å². The number of pyridine rings is 2. The van der Waals surface area contributed by atoms with Crippen LogP contribution < -0.4 is 9.35 Å². The van der Waals surface area contributed by atoms with E-state index in [4.69, 9.17) is 0 Å². The predicted molar refractivity (Wildman–Crippen MR) is 229 cm³/mol. The summed E-state index contributed by atoms with van der Waals surface area (Å²) >= 11 is 0. The molecule has 0 saturated heterocycles. The van der Waals surface area contributed by atoms with Crippen LogP contribution in [0.2, 0.25) is 0 Å². The highest BCUT2D eigenvalue weighted by Crippen LogP contribution is 2.38. The zero-order valence-electron chi connectivity index (χ0n) is 34.0. The molecule has 0 N–H and O–H groups in total. The highest BCUT2D eigenvalue weighted by Gasteiger charge is 2.33. The fourth-order valence-corrected chi connectivity index (χ4v) is 7.96. The first-order valence-electron chi connectivity index (χ1n) is 19.7. The minimum Gasteiger partial charge on any atom is -0.0622 e. The second-order valence-electron chi connectivity index (χ2n) is 17.0. The van der Waals surface area contributed by atoms with Gasteiger partial charge in [0.05, 0.1) is 20.5 Å². The third kappa shape index (κ3) is 7.03. The molecule has 0 amide bonds. The summed E-state index contributed by atoms with van der Waals surface area (Å²) in [6.45, 7) is 23.0. The number of benzene rings is 5. The Balaban J connectivity index is 1.53. The SMILES string of the molecule is CCc1cc(C)c(-c2cc(C(C)(C)C)cc[n+]2-[n+]2ccc(C(C)(C)C)cc2-c2cc(-c3ccccc3)ccc2C)cc1-c1ccc2ccccc2c1CC. The molecule has 272 valence electrons. The van der Waals surface area contributed by atoms with Crippen molar-refractivity contribution in [2.24, 2.45) is 0 Å². The Kier molecular flexibility index (Phi) is 9.92. The molecule has 0 bridgehead atoms. The molecule has 0 radical (unpaired) electrons. The minimum atomic E-state index is -0.0220. The van der Waals surface area contributed by atoms with Gasteiger partial charge in [0, 0.05) is 24.3 Å². The largest absolute Gasteiger partial charge is 0.284 e. The van der Waals surface area contributed by atoms with E-state index in [1.165, 1.54) is 88.9 Å². The van der Waals surface area contributed by atoms with Crippen molar-refractivity contribution in [3.8, 4) is 44.8 Å². The van der Waals surface area contributed by atoms with Crippen molar-refractivity contribution in [3.63, 3.8) is 0 Å². The van der Waals surface area contributed by atoms with Gasteiger partial charge < -0.3 is 0 Å². The second-order valence-corrected chi connectivity index (χ2v) is 17.0. The van der Waals surface area contributed by atoms with Gasteiger partial charge in [-0.05, 0) is 116 Å². The molecule has 0 aliphatic heterocycles. The van der Waals surface area contributed by atoms with Gasteiger partial charge >= 0.3 is 0 Å². The van der Waals surface area contributed by atoms with Crippen molar-refractivity contribution in [2.45, 2.75) is 92.9 Å². The summed E-state index contributed by atoms with van der Waals surface area (Å²) in [5, 5.41) is 2.65. The molecule has 0 unspecified atom stereocenters. The molecule has 2 nitrogen and oxygen atoms in total. The van der Waals surface area contributed by atoms with Crippen LogP contribution in [-0.2, 0) is 23.7 Å². The molecule has 2 heterocycles. The number of hydrogen-bond donors (Lipinski definition) is 0. The maximum atomic E-state index is 2.49. The summed E-state index contributed by atoms with van der Waals surface area (Å²) < 4.78 is 4.75. The van der Waals surface area contributed by atoms with E-state index in [1.807, 2.05) is 0 Å². The van der Waals surface area contributed by atoms with Crippen molar-refractivity contribution in [1.82, 2.24) is 0 Å². The first-order valence-corrected chi connectivity index (χ1v) is 19.7. The molecular formula is C52H56N2+2. The topological polar surface area (TPSA) is 7.76 Å². The van der Waals surface area contributed by atoms with Crippen LogP contribution in [0.15, 0.2) is 134 Å². The lowest BCUT2D eigenvalue weighted by Gasteiger charge is -2.20. The van der Waals surface area contributed by atoms with Gasteiger partial charge in [-0.25, -0.2) is 0 Å². The van der Waals surface area contributed by atoms with E-state index < -0.39 is 0 Å². The molecule has 54 heavy (non-hydrogen) atoms. The smallest absolute Gasteiger partial charge is 0.0622 e. The molecule has 0 fully saturated rings. The number of rotatable bonds is 7. The van der Waals surface area contributed by atoms with E-state index >= 15 is 0 Å². The van der Waals surface area contributed by atoms with Gasteiger partial charge in [0.25, 0.3) is 11.4 Å². The fraction of sp³-hybridized carbons (Fsp3) is 0.269. The van der Waals surface area contributed by atoms with E-state index in [9.17, 15) is 0 Å². The average Bonchev–Trinajstić information content (AvgIpc) is 3.16. The molecule has 2 aromatic heterocycles. The summed E-state index contributed by atoms with van der Waals surface area (Å²) in [5.41, 5.74) is 17.8. The third-order valence-electron chi connectivity index (χ3n) is 11.2. The number of aromatic nitrogens is 2. The molecule has 0 aliphatic rings. The Hall–Kier alpha value is -5.34. The van der Waals surface area contributed by atoms with Crippen LogP contribution in [0.3, 0.4) is 0 Å². The van der Waals surface area contributed by atoms with E-state index in [0.717, 1.165) is 12.8 Å². The van der Waals surface area contributed by atoms with Crippen molar-refractivity contribution in [3.05, 3.63) is 167 Å². The van der Waals surface area contributed by atoms with Gasteiger partial charge in [-0.15, -0.1) is 0 Å². The van der Waals surface area contributed by atoms with Crippen LogP contribution in [0.25, 0.3) is 55.5 Å². The highest BCUT2D eigenvalue weighted by molar-refractivity contribution is 5.93. The van der Waals surface area contributed by atoms with Crippen molar-refractivity contribution in [2.75, 3.05) is 0 Å². The van der Waals surface area contributed by atoms with Crippen LogP contribution in [-0.4, -0.2) is 0 Å². The summed E-state index contributed by atoms with van der Waals surface area (Å²) in [7, 11) is 0. The third-order valence-corrected chi connectivity index (χ3v) is 11.2. The number of nitrogens with zero attached hydrogens (tertiary/aromatic N) is 2. The number of hydrogen-bond acceptors (Lipinski definition) is 0. The van der Waals surface area contributed by atoms with Gasteiger partial charge in [0.15, 0.2) is 0 Å². The standard InChI is InChI=1S/C52H56N2/c1-11-37-30-36(4)47(34-48(37)45-25-24-39-20-16-17-21-44(39)43(45)12-2)50-33-42(52(8,9)10)27-29-54(50)53-28-26-41(51(5,6)7)32-49(53)46-31-40(23-22-35(46)3)38-18-14-13-15-19-38/h13-34H,11-12H2,1-10H3/q+2. The Labute approximate surface area is 323 Å². The molecule has 7 aromatic rings.